The lowest BCUT2D eigenvalue weighted by Crippen LogP contribution is -2.26. The van der Waals surface area contributed by atoms with Crippen LogP contribution < -0.4 is 10.6 Å². The molecule has 2 rings (SSSR count). The summed E-state index contributed by atoms with van der Waals surface area (Å²) in [6, 6.07) is 4.40. The zero-order valence-corrected chi connectivity index (χ0v) is 11.8. The van der Waals surface area contributed by atoms with Crippen LogP contribution in [-0.2, 0) is 0 Å². The summed E-state index contributed by atoms with van der Waals surface area (Å²) in [5.41, 5.74) is 0.512. The Labute approximate surface area is 122 Å². The number of aliphatic hydroxyl groups is 1. The molecule has 0 saturated heterocycles. The van der Waals surface area contributed by atoms with Gasteiger partial charge in [-0.15, -0.1) is 0 Å². The molecule has 1 amide bonds. The Bertz CT molecular complexity index is 547. The van der Waals surface area contributed by atoms with Crippen LogP contribution in [0.5, 0.6) is 0 Å². The first-order valence-corrected chi connectivity index (χ1v) is 6.94. The smallest absolute Gasteiger partial charge is 0.293 e. The van der Waals surface area contributed by atoms with E-state index in [1.807, 2.05) is 0 Å². The number of carbonyl (C=O) groups excluding carboxylic acids is 1. The van der Waals surface area contributed by atoms with Crippen LogP contribution in [0.2, 0.25) is 0 Å². The van der Waals surface area contributed by atoms with E-state index in [4.69, 9.17) is 0 Å². The van der Waals surface area contributed by atoms with Gasteiger partial charge in [0.25, 0.3) is 11.6 Å². The van der Waals surface area contributed by atoms with Crippen molar-refractivity contribution >= 4 is 17.3 Å². The zero-order chi connectivity index (χ0) is 15.4. The predicted molar refractivity (Wildman–Crippen MR) is 78.3 cm³/mol. The average Bonchev–Trinajstić information content (AvgIpc) is 2.93. The van der Waals surface area contributed by atoms with Gasteiger partial charge < -0.3 is 15.7 Å². The minimum absolute atomic E-state index is 0.0274. The Morgan fingerprint density at radius 1 is 1.48 bits per heavy atom. The Balaban J connectivity index is 2.26. The number of hydrogen-bond donors (Lipinski definition) is 3. The van der Waals surface area contributed by atoms with Crippen LogP contribution in [-0.4, -0.2) is 35.6 Å². The van der Waals surface area contributed by atoms with Gasteiger partial charge in [0, 0.05) is 37.2 Å². The van der Waals surface area contributed by atoms with Crippen LogP contribution in [0.25, 0.3) is 0 Å². The Morgan fingerprint density at radius 3 is 2.86 bits per heavy atom. The van der Waals surface area contributed by atoms with E-state index in [9.17, 15) is 20.0 Å². The molecule has 1 saturated carbocycles. The summed E-state index contributed by atoms with van der Waals surface area (Å²) in [5.74, 6) is -0.248. The second kappa shape index (κ2) is 6.53. The molecule has 114 valence electrons. The monoisotopic (exact) mass is 293 g/mol. The van der Waals surface area contributed by atoms with E-state index in [0.29, 0.717) is 5.69 Å². The number of aliphatic hydroxyl groups excluding tert-OH is 1. The van der Waals surface area contributed by atoms with E-state index < -0.39 is 4.92 Å². The first kappa shape index (κ1) is 15.2. The molecule has 1 aliphatic rings. The Kier molecular flexibility index (Phi) is 4.74. The van der Waals surface area contributed by atoms with Gasteiger partial charge >= 0.3 is 0 Å². The molecule has 1 aromatic carbocycles. The fourth-order valence-electron chi connectivity index (χ4n) is 2.74. The average molecular weight is 293 g/mol. The standard InChI is InChI=1S/C14H19N3O4/c1-15-14(19)9-5-6-12(13(7-9)17(20)21)16-11-4-2-3-10(11)8-18/h5-7,10-11,16,18H,2-4,8H2,1H3,(H,15,19). The number of anilines is 1. The van der Waals surface area contributed by atoms with Crippen molar-refractivity contribution in [1.82, 2.24) is 5.32 Å². The molecule has 0 aliphatic heterocycles. The third kappa shape index (κ3) is 3.30. The first-order chi connectivity index (χ1) is 10.1. The molecule has 7 nitrogen and oxygen atoms in total. The van der Waals surface area contributed by atoms with E-state index in [2.05, 4.69) is 10.6 Å². The second-order valence-electron chi connectivity index (χ2n) is 5.19. The lowest BCUT2D eigenvalue weighted by molar-refractivity contribution is -0.384. The van der Waals surface area contributed by atoms with Crippen molar-refractivity contribution in [2.75, 3.05) is 19.0 Å². The summed E-state index contributed by atoms with van der Waals surface area (Å²) >= 11 is 0. The van der Waals surface area contributed by atoms with Crippen molar-refractivity contribution in [2.24, 2.45) is 5.92 Å². The van der Waals surface area contributed by atoms with Gasteiger partial charge in [-0.1, -0.05) is 6.42 Å². The largest absolute Gasteiger partial charge is 0.396 e. The fraction of sp³-hybridized carbons (Fsp3) is 0.500. The number of hydrogen-bond acceptors (Lipinski definition) is 5. The lowest BCUT2D eigenvalue weighted by atomic mass is 10.0. The highest BCUT2D eigenvalue weighted by atomic mass is 16.6. The highest BCUT2D eigenvalue weighted by Crippen LogP contribution is 2.32. The van der Waals surface area contributed by atoms with Gasteiger partial charge in [0.15, 0.2) is 0 Å². The number of benzene rings is 1. The minimum Gasteiger partial charge on any atom is -0.396 e. The highest BCUT2D eigenvalue weighted by molar-refractivity contribution is 5.95. The molecule has 0 bridgehead atoms. The summed E-state index contributed by atoms with van der Waals surface area (Å²) in [4.78, 5) is 22.2. The predicted octanol–water partition coefficient (Wildman–Crippen LogP) is 1.53. The topological polar surface area (TPSA) is 104 Å². The summed E-state index contributed by atoms with van der Waals surface area (Å²) in [7, 11) is 1.48. The van der Waals surface area contributed by atoms with Crippen LogP contribution in [0.4, 0.5) is 11.4 Å². The van der Waals surface area contributed by atoms with E-state index >= 15 is 0 Å². The molecule has 3 N–H and O–H groups in total. The van der Waals surface area contributed by atoms with Gasteiger partial charge in [0.1, 0.15) is 5.69 Å². The molecule has 0 heterocycles. The van der Waals surface area contributed by atoms with Gasteiger partial charge in [0.2, 0.25) is 0 Å². The van der Waals surface area contributed by atoms with Crippen LogP contribution in [0, 0.1) is 16.0 Å². The molecule has 7 heteroatoms. The van der Waals surface area contributed by atoms with Gasteiger partial charge in [-0.3, -0.25) is 14.9 Å². The molecule has 2 atom stereocenters. The van der Waals surface area contributed by atoms with E-state index in [1.165, 1.54) is 13.1 Å². The molecule has 1 aliphatic carbocycles. The van der Waals surface area contributed by atoms with Gasteiger partial charge in [-0.2, -0.15) is 0 Å². The normalized spacial score (nSPS) is 21.0. The van der Waals surface area contributed by atoms with E-state index in [0.717, 1.165) is 19.3 Å². The quantitative estimate of drug-likeness (QED) is 0.564. The molecule has 1 aromatic rings. The van der Waals surface area contributed by atoms with Gasteiger partial charge in [-0.25, -0.2) is 0 Å². The molecule has 21 heavy (non-hydrogen) atoms. The summed E-state index contributed by atoms with van der Waals surface area (Å²) in [6.07, 6.45) is 2.78. The maximum atomic E-state index is 11.6. The van der Waals surface area contributed by atoms with Crippen molar-refractivity contribution < 1.29 is 14.8 Å². The number of nitro groups is 1. The summed E-state index contributed by atoms with van der Waals surface area (Å²) in [5, 5.41) is 26.1. The molecular weight excluding hydrogens is 274 g/mol. The van der Waals surface area contributed by atoms with Crippen LogP contribution in [0.15, 0.2) is 18.2 Å². The molecule has 1 fully saturated rings. The maximum Gasteiger partial charge on any atom is 0.293 e. The third-order valence-corrected chi connectivity index (χ3v) is 3.92. The zero-order valence-electron chi connectivity index (χ0n) is 11.8. The molecule has 0 radical (unpaired) electrons. The van der Waals surface area contributed by atoms with Crippen LogP contribution in [0.1, 0.15) is 29.6 Å². The number of carbonyl (C=O) groups is 1. The van der Waals surface area contributed by atoms with Crippen LogP contribution >= 0.6 is 0 Å². The molecule has 0 aromatic heterocycles. The molecule has 2 unspecified atom stereocenters. The lowest BCUT2D eigenvalue weighted by Gasteiger charge is -2.20. The number of amides is 1. The van der Waals surface area contributed by atoms with Crippen molar-refractivity contribution in [1.29, 1.82) is 0 Å². The number of nitro benzene ring substituents is 1. The van der Waals surface area contributed by atoms with Crippen molar-refractivity contribution in [3.8, 4) is 0 Å². The number of rotatable bonds is 5. The van der Waals surface area contributed by atoms with E-state index in [1.54, 1.807) is 12.1 Å². The highest BCUT2D eigenvalue weighted by Gasteiger charge is 2.28. The SMILES string of the molecule is CNC(=O)c1ccc(NC2CCCC2CO)c([N+](=O)[O-])c1. The summed E-state index contributed by atoms with van der Waals surface area (Å²) < 4.78 is 0. The maximum absolute atomic E-state index is 11.6. The Morgan fingerprint density at radius 2 is 2.24 bits per heavy atom. The summed E-state index contributed by atoms with van der Waals surface area (Å²) in [6.45, 7) is 0.0712. The van der Waals surface area contributed by atoms with Crippen molar-refractivity contribution in [3.05, 3.63) is 33.9 Å². The first-order valence-electron chi connectivity index (χ1n) is 6.94. The van der Waals surface area contributed by atoms with Crippen LogP contribution in [0.3, 0.4) is 0 Å². The third-order valence-electron chi connectivity index (χ3n) is 3.92. The Hall–Kier alpha value is -2.15. The van der Waals surface area contributed by atoms with Gasteiger partial charge in [-0.05, 0) is 25.0 Å². The molecular formula is C14H19N3O4. The fourth-order valence-corrected chi connectivity index (χ4v) is 2.74. The molecule has 0 spiro atoms. The minimum atomic E-state index is -0.502. The van der Waals surface area contributed by atoms with E-state index in [-0.39, 0.29) is 35.7 Å². The van der Waals surface area contributed by atoms with Crippen molar-refractivity contribution in [2.45, 2.75) is 25.3 Å². The van der Waals surface area contributed by atoms with Crippen molar-refractivity contribution in [3.63, 3.8) is 0 Å². The number of nitrogens with one attached hydrogen (secondary N) is 2. The van der Waals surface area contributed by atoms with Gasteiger partial charge in [0.05, 0.1) is 4.92 Å². The number of nitrogens with zero attached hydrogens (tertiary/aromatic N) is 1. The second-order valence-corrected chi connectivity index (χ2v) is 5.19.